The van der Waals surface area contributed by atoms with Crippen molar-refractivity contribution in [3.05, 3.63) is 83.9 Å². The highest BCUT2D eigenvalue weighted by Crippen LogP contribution is 2.33. The Bertz CT molecular complexity index is 1400. The molecule has 5 rings (SSSR count). The van der Waals surface area contributed by atoms with E-state index in [1.165, 1.54) is 23.2 Å². The van der Waals surface area contributed by atoms with Crippen LogP contribution in [0.2, 0.25) is 0 Å². The number of para-hydroxylation sites is 1. The normalized spacial score (nSPS) is 15.4. The Kier molecular flexibility index (Phi) is 6.29. The molecule has 2 amide bonds. The number of amides is 2. The number of carbonyl (C=O) groups is 3. The monoisotopic (exact) mass is 485 g/mol. The fourth-order valence-electron chi connectivity index (χ4n) is 4.27. The molecule has 2 heterocycles. The quantitative estimate of drug-likeness (QED) is 0.356. The SMILES string of the molecule is CC(=O)N(c1ccccc1)c1nc(COC(=O)[C@@H]2CC(=O)N(c3cccc4ccccc34)C2)cs1. The highest BCUT2D eigenvalue weighted by molar-refractivity contribution is 7.14. The lowest BCUT2D eigenvalue weighted by Gasteiger charge is -2.19. The predicted molar refractivity (Wildman–Crippen MR) is 136 cm³/mol. The van der Waals surface area contributed by atoms with E-state index in [1.807, 2.05) is 72.8 Å². The zero-order chi connectivity index (χ0) is 24.4. The van der Waals surface area contributed by atoms with E-state index in [-0.39, 0.29) is 31.4 Å². The van der Waals surface area contributed by atoms with Crippen LogP contribution in [0.5, 0.6) is 0 Å². The number of fused-ring (bicyclic) bond motifs is 1. The van der Waals surface area contributed by atoms with Crippen molar-refractivity contribution in [3.63, 3.8) is 0 Å². The standard InChI is InChI=1S/C27H23N3O4S/c1-18(31)30(22-10-3-2-4-11-22)27-28-21(17-35-27)16-34-26(33)20-14-25(32)29(15-20)24-13-7-9-19-8-5-6-12-23(19)24/h2-13,17,20H,14-16H2,1H3/t20-/m1/s1. The Morgan fingerprint density at radius 2 is 1.80 bits per heavy atom. The van der Waals surface area contributed by atoms with Crippen LogP contribution in [0.4, 0.5) is 16.5 Å². The van der Waals surface area contributed by atoms with E-state index >= 15 is 0 Å². The molecule has 0 spiro atoms. The van der Waals surface area contributed by atoms with E-state index in [2.05, 4.69) is 4.98 Å². The molecule has 8 heteroatoms. The van der Waals surface area contributed by atoms with Crippen molar-refractivity contribution >= 4 is 56.4 Å². The molecule has 3 aromatic carbocycles. The summed E-state index contributed by atoms with van der Waals surface area (Å²) in [6.45, 7) is 1.74. The smallest absolute Gasteiger partial charge is 0.311 e. The highest BCUT2D eigenvalue weighted by atomic mass is 32.1. The largest absolute Gasteiger partial charge is 0.459 e. The Morgan fingerprint density at radius 3 is 2.60 bits per heavy atom. The molecule has 0 radical (unpaired) electrons. The average molecular weight is 486 g/mol. The summed E-state index contributed by atoms with van der Waals surface area (Å²) in [6.07, 6.45) is 0.108. The van der Waals surface area contributed by atoms with Crippen molar-refractivity contribution in [3.8, 4) is 0 Å². The highest BCUT2D eigenvalue weighted by Gasteiger charge is 2.36. The van der Waals surface area contributed by atoms with E-state index in [9.17, 15) is 14.4 Å². The lowest BCUT2D eigenvalue weighted by Crippen LogP contribution is -2.26. The van der Waals surface area contributed by atoms with Gasteiger partial charge in [0.2, 0.25) is 11.8 Å². The van der Waals surface area contributed by atoms with Gasteiger partial charge in [0.25, 0.3) is 0 Å². The maximum Gasteiger partial charge on any atom is 0.311 e. The minimum absolute atomic E-state index is 0.0190. The molecule has 1 aliphatic rings. The molecule has 4 aromatic rings. The van der Waals surface area contributed by atoms with Crippen LogP contribution in [0.3, 0.4) is 0 Å². The molecule has 0 aliphatic carbocycles. The van der Waals surface area contributed by atoms with Gasteiger partial charge in [0.1, 0.15) is 6.61 Å². The van der Waals surface area contributed by atoms with Crippen LogP contribution in [0.25, 0.3) is 10.8 Å². The van der Waals surface area contributed by atoms with Gasteiger partial charge in [0.05, 0.1) is 23.0 Å². The van der Waals surface area contributed by atoms with Crippen LogP contribution in [-0.4, -0.2) is 29.3 Å². The van der Waals surface area contributed by atoms with Gasteiger partial charge in [-0.2, -0.15) is 0 Å². The van der Waals surface area contributed by atoms with Gasteiger partial charge in [-0.05, 0) is 23.6 Å². The first-order valence-electron chi connectivity index (χ1n) is 11.3. The molecular weight excluding hydrogens is 462 g/mol. The Morgan fingerprint density at radius 1 is 1.06 bits per heavy atom. The number of hydrogen-bond acceptors (Lipinski definition) is 6. The summed E-state index contributed by atoms with van der Waals surface area (Å²) in [6, 6.07) is 22.9. The molecule has 0 bridgehead atoms. The van der Waals surface area contributed by atoms with Crippen LogP contribution in [0.1, 0.15) is 19.0 Å². The second kappa shape index (κ2) is 9.68. The van der Waals surface area contributed by atoms with Gasteiger partial charge in [-0.15, -0.1) is 11.3 Å². The van der Waals surface area contributed by atoms with Gasteiger partial charge in [-0.3, -0.25) is 19.3 Å². The van der Waals surface area contributed by atoms with E-state index in [1.54, 1.807) is 10.3 Å². The summed E-state index contributed by atoms with van der Waals surface area (Å²) < 4.78 is 5.51. The number of hydrogen-bond donors (Lipinski definition) is 0. The van der Waals surface area contributed by atoms with Crippen LogP contribution in [0.15, 0.2) is 78.2 Å². The Hall–Kier alpha value is -4.04. The maximum absolute atomic E-state index is 12.8. The van der Waals surface area contributed by atoms with Crippen molar-refractivity contribution < 1.29 is 19.1 Å². The van der Waals surface area contributed by atoms with E-state index in [0.717, 1.165) is 22.1 Å². The molecule has 35 heavy (non-hydrogen) atoms. The molecule has 0 saturated carbocycles. The third-order valence-corrected chi connectivity index (χ3v) is 6.81. The van der Waals surface area contributed by atoms with Gasteiger partial charge in [-0.1, -0.05) is 54.6 Å². The topological polar surface area (TPSA) is 79.8 Å². The molecule has 0 unspecified atom stereocenters. The summed E-state index contributed by atoms with van der Waals surface area (Å²) >= 11 is 1.30. The summed E-state index contributed by atoms with van der Waals surface area (Å²) in [5.41, 5.74) is 2.07. The minimum Gasteiger partial charge on any atom is -0.459 e. The molecule has 7 nitrogen and oxygen atoms in total. The van der Waals surface area contributed by atoms with Gasteiger partial charge < -0.3 is 9.64 Å². The first kappa shape index (κ1) is 22.7. The third kappa shape index (κ3) is 4.65. The number of carbonyl (C=O) groups excluding carboxylic acids is 3. The summed E-state index contributed by atoms with van der Waals surface area (Å²) in [4.78, 5) is 45.4. The number of anilines is 3. The molecular formula is C27H23N3O4S. The Labute approximate surface area is 206 Å². The predicted octanol–water partition coefficient (Wildman–Crippen LogP) is 5.08. The number of ether oxygens (including phenoxy) is 1. The fourth-order valence-corrected chi connectivity index (χ4v) is 5.15. The zero-order valence-corrected chi connectivity index (χ0v) is 19.9. The molecule has 1 aliphatic heterocycles. The van der Waals surface area contributed by atoms with Crippen molar-refractivity contribution in [2.75, 3.05) is 16.3 Å². The van der Waals surface area contributed by atoms with E-state index in [0.29, 0.717) is 10.8 Å². The third-order valence-electron chi connectivity index (χ3n) is 5.94. The lowest BCUT2D eigenvalue weighted by atomic mass is 10.1. The number of esters is 1. The second-order valence-corrected chi connectivity index (χ2v) is 9.16. The number of aromatic nitrogens is 1. The minimum atomic E-state index is -0.544. The molecule has 0 N–H and O–H groups in total. The van der Waals surface area contributed by atoms with Gasteiger partial charge in [0, 0.05) is 30.7 Å². The van der Waals surface area contributed by atoms with Crippen LogP contribution < -0.4 is 9.80 Å². The lowest BCUT2D eigenvalue weighted by molar-refractivity contribution is -0.149. The van der Waals surface area contributed by atoms with E-state index in [4.69, 9.17) is 4.74 Å². The molecule has 1 aromatic heterocycles. The average Bonchev–Trinajstić information content (AvgIpc) is 3.49. The second-order valence-electron chi connectivity index (χ2n) is 8.32. The maximum atomic E-state index is 12.8. The summed E-state index contributed by atoms with van der Waals surface area (Å²) in [7, 11) is 0. The first-order valence-corrected chi connectivity index (χ1v) is 12.1. The van der Waals surface area contributed by atoms with Crippen molar-refractivity contribution in [1.29, 1.82) is 0 Å². The van der Waals surface area contributed by atoms with Crippen molar-refractivity contribution in [2.24, 2.45) is 5.92 Å². The molecule has 1 atom stereocenters. The van der Waals surface area contributed by atoms with Gasteiger partial charge in [-0.25, -0.2) is 4.98 Å². The van der Waals surface area contributed by atoms with Crippen molar-refractivity contribution in [2.45, 2.75) is 20.0 Å². The molecule has 176 valence electrons. The van der Waals surface area contributed by atoms with Crippen LogP contribution in [-0.2, 0) is 25.7 Å². The molecule has 1 fully saturated rings. The van der Waals surface area contributed by atoms with Crippen LogP contribution >= 0.6 is 11.3 Å². The number of rotatable bonds is 6. The first-order chi connectivity index (χ1) is 17.0. The summed E-state index contributed by atoms with van der Waals surface area (Å²) in [5.74, 6) is -1.23. The van der Waals surface area contributed by atoms with Gasteiger partial charge in [0.15, 0.2) is 5.13 Å². The molecule has 1 saturated heterocycles. The van der Waals surface area contributed by atoms with Crippen molar-refractivity contribution in [1.82, 2.24) is 4.98 Å². The zero-order valence-electron chi connectivity index (χ0n) is 19.1. The van der Waals surface area contributed by atoms with Crippen LogP contribution in [0, 0.1) is 5.92 Å². The van der Waals surface area contributed by atoms with E-state index < -0.39 is 11.9 Å². The number of thiazole rings is 1. The fraction of sp³-hybridized carbons (Fsp3) is 0.185. The number of nitrogens with zero attached hydrogens (tertiary/aromatic N) is 3. The Balaban J connectivity index is 1.25. The number of benzene rings is 3. The van der Waals surface area contributed by atoms with Gasteiger partial charge >= 0.3 is 5.97 Å². The summed E-state index contributed by atoms with van der Waals surface area (Å²) in [5, 5.41) is 4.29.